The zero-order valence-electron chi connectivity index (χ0n) is 14.2. The van der Waals surface area contributed by atoms with Crippen molar-refractivity contribution in [1.29, 1.82) is 0 Å². The highest BCUT2D eigenvalue weighted by Gasteiger charge is 2.23. The van der Waals surface area contributed by atoms with Crippen molar-refractivity contribution in [1.82, 2.24) is 9.97 Å². The highest BCUT2D eigenvalue weighted by molar-refractivity contribution is 5.76. The summed E-state index contributed by atoms with van der Waals surface area (Å²) in [5, 5.41) is 17.4. The largest absolute Gasteiger partial charge is 0.353 e. The first-order chi connectivity index (χ1) is 12.4. The highest BCUT2D eigenvalue weighted by atomic mass is 19.1. The average molecular weight is 353 g/mol. The molecule has 132 valence electrons. The molecule has 0 unspecified atom stereocenters. The van der Waals surface area contributed by atoms with Crippen LogP contribution in [0.25, 0.3) is 0 Å². The van der Waals surface area contributed by atoms with Crippen molar-refractivity contribution in [2.45, 2.75) is 13.8 Å². The van der Waals surface area contributed by atoms with Crippen LogP contribution in [0.5, 0.6) is 0 Å². The van der Waals surface area contributed by atoms with Gasteiger partial charge in [-0.15, -0.1) is 0 Å². The molecule has 7 nitrogen and oxygen atoms in total. The van der Waals surface area contributed by atoms with Crippen molar-refractivity contribution < 1.29 is 9.31 Å². The second-order valence-corrected chi connectivity index (χ2v) is 5.73. The summed E-state index contributed by atoms with van der Waals surface area (Å²) >= 11 is 0. The van der Waals surface area contributed by atoms with E-state index in [9.17, 15) is 14.5 Å². The molecule has 1 aromatic heterocycles. The molecule has 0 amide bonds. The van der Waals surface area contributed by atoms with Crippen LogP contribution in [0, 0.1) is 29.8 Å². The Balaban J connectivity index is 1.96. The van der Waals surface area contributed by atoms with Crippen molar-refractivity contribution in [3.8, 4) is 0 Å². The molecule has 0 atom stereocenters. The zero-order valence-corrected chi connectivity index (χ0v) is 14.2. The fourth-order valence-electron chi connectivity index (χ4n) is 2.36. The van der Waals surface area contributed by atoms with E-state index in [1.54, 1.807) is 0 Å². The molecule has 0 spiro atoms. The minimum absolute atomic E-state index is 0.0166. The van der Waals surface area contributed by atoms with Crippen LogP contribution in [-0.4, -0.2) is 14.9 Å². The second-order valence-electron chi connectivity index (χ2n) is 5.73. The van der Waals surface area contributed by atoms with Crippen molar-refractivity contribution in [3.63, 3.8) is 0 Å². The second kappa shape index (κ2) is 7.14. The molecule has 0 aliphatic carbocycles. The summed E-state index contributed by atoms with van der Waals surface area (Å²) in [5.41, 5.74) is 3.03. The van der Waals surface area contributed by atoms with Crippen molar-refractivity contribution >= 4 is 28.7 Å². The Kier molecular flexibility index (Phi) is 4.74. The number of nitro groups is 1. The minimum atomic E-state index is -0.560. The molecule has 0 saturated heterocycles. The molecule has 0 saturated carbocycles. The number of nitrogens with zero attached hydrogens (tertiary/aromatic N) is 3. The lowest BCUT2D eigenvalue weighted by Gasteiger charge is -2.11. The van der Waals surface area contributed by atoms with Crippen molar-refractivity contribution in [2.24, 2.45) is 0 Å². The van der Waals surface area contributed by atoms with Gasteiger partial charge in [0.05, 0.1) is 4.92 Å². The van der Waals surface area contributed by atoms with Gasteiger partial charge in [-0.3, -0.25) is 10.1 Å². The molecular formula is C18H16FN5O2. The summed E-state index contributed by atoms with van der Waals surface area (Å²) in [7, 11) is 0. The molecule has 8 heteroatoms. The zero-order chi connectivity index (χ0) is 18.7. The van der Waals surface area contributed by atoms with Gasteiger partial charge in [-0.25, -0.2) is 14.4 Å². The molecular weight excluding hydrogens is 337 g/mol. The van der Waals surface area contributed by atoms with Crippen LogP contribution in [0.4, 0.5) is 33.1 Å². The van der Waals surface area contributed by atoms with Gasteiger partial charge in [0.25, 0.3) is 0 Å². The van der Waals surface area contributed by atoms with Crippen LogP contribution < -0.4 is 10.6 Å². The van der Waals surface area contributed by atoms with Gasteiger partial charge in [-0.05, 0) is 61.4 Å². The van der Waals surface area contributed by atoms with Crippen LogP contribution in [-0.2, 0) is 0 Å². The number of aryl methyl sites for hydroxylation is 2. The maximum absolute atomic E-state index is 13.0. The Labute approximate surface area is 149 Å². The van der Waals surface area contributed by atoms with E-state index >= 15 is 0 Å². The molecule has 0 bridgehead atoms. The number of hydrogen-bond donors (Lipinski definition) is 2. The van der Waals surface area contributed by atoms with Crippen LogP contribution >= 0.6 is 0 Å². The fraction of sp³-hybridized carbons (Fsp3) is 0.111. The summed E-state index contributed by atoms with van der Waals surface area (Å²) in [4.78, 5) is 19.0. The van der Waals surface area contributed by atoms with Crippen LogP contribution in [0.1, 0.15) is 11.1 Å². The summed E-state index contributed by atoms with van der Waals surface area (Å²) in [5.74, 6) is -0.314. The lowest BCUT2D eigenvalue weighted by molar-refractivity contribution is -0.383. The van der Waals surface area contributed by atoms with Crippen LogP contribution in [0.15, 0.2) is 48.8 Å². The normalized spacial score (nSPS) is 10.4. The third kappa shape index (κ3) is 3.75. The smallest absolute Gasteiger partial charge is 0.334 e. The van der Waals surface area contributed by atoms with Crippen LogP contribution in [0.2, 0.25) is 0 Å². The van der Waals surface area contributed by atoms with E-state index in [-0.39, 0.29) is 17.3 Å². The van der Waals surface area contributed by atoms with E-state index in [2.05, 4.69) is 20.6 Å². The summed E-state index contributed by atoms with van der Waals surface area (Å²) in [6.45, 7) is 3.94. The lowest BCUT2D eigenvalue weighted by Crippen LogP contribution is -2.05. The molecule has 3 aromatic rings. The van der Waals surface area contributed by atoms with E-state index in [1.165, 1.54) is 30.6 Å². The Morgan fingerprint density at radius 2 is 1.50 bits per heavy atom. The standard InChI is InChI=1S/C18H16FN5O2/c1-11-3-6-15(9-12(11)2)23-18-16(24(25)26)17(20-10-21-18)22-14-7-4-13(19)5-8-14/h3-10H,1-2H3,(H2,20,21,22,23). The number of benzene rings is 2. The molecule has 0 radical (unpaired) electrons. The van der Waals surface area contributed by atoms with E-state index in [0.717, 1.165) is 11.1 Å². The van der Waals surface area contributed by atoms with Gasteiger partial charge in [0, 0.05) is 11.4 Å². The number of hydrogen-bond acceptors (Lipinski definition) is 6. The molecule has 2 aromatic carbocycles. The molecule has 2 N–H and O–H groups in total. The lowest BCUT2D eigenvalue weighted by atomic mass is 10.1. The van der Waals surface area contributed by atoms with Gasteiger partial charge in [0.1, 0.15) is 12.1 Å². The molecule has 1 heterocycles. The molecule has 0 aliphatic rings. The molecule has 26 heavy (non-hydrogen) atoms. The Hall–Kier alpha value is -3.55. The molecule has 0 aliphatic heterocycles. The van der Waals surface area contributed by atoms with E-state index < -0.39 is 10.7 Å². The van der Waals surface area contributed by atoms with Gasteiger partial charge in [0.2, 0.25) is 11.6 Å². The maximum Gasteiger partial charge on any atom is 0.353 e. The van der Waals surface area contributed by atoms with E-state index in [1.807, 2.05) is 32.0 Å². The Morgan fingerprint density at radius 1 is 0.923 bits per heavy atom. The predicted molar refractivity (Wildman–Crippen MR) is 97.6 cm³/mol. The quantitative estimate of drug-likeness (QED) is 0.513. The third-order valence-corrected chi connectivity index (χ3v) is 3.88. The van der Waals surface area contributed by atoms with Gasteiger partial charge >= 0.3 is 5.69 Å². The number of halogens is 1. The monoisotopic (exact) mass is 353 g/mol. The minimum Gasteiger partial charge on any atom is -0.334 e. The Morgan fingerprint density at radius 3 is 2.08 bits per heavy atom. The maximum atomic E-state index is 13.0. The topological polar surface area (TPSA) is 93.0 Å². The van der Waals surface area contributed by atoms with Gasteiger partial charge in [-0.1, -0.05) is 6.07 Å². The first kappa shape index (κ1) is 17.3. The van der Waals surface area contributed by atoms with Crippen molar-refractivity contribution in [3.05, 3.63) is 75.9 Å². The fourth-order valence-corrected chi connectivity index (χ4v) is 2.36. The van der Waals surface area contributed by atoms with E-state index in [4.69, 9.17) is 0 Å². The highest BCUT2D eigenvalue weighted by Crippen LogP contribution is 2.33. The summed E-state index contributed by atoms with van der Waals surface area (Å²) in [6, 6.07) is 11.1. The summed E-state index contributed by atoms with van der Waals surface area (Å²) in [6.07, 6.45) is 1.22. The van der Waals surface area contributed by atoms with Crippen molar-refractivity contribution in [2.75, 3.05) is 10.6 Å². The van der Waals surface area contributed by atoms with E-state index in [0.29, 0.717) is 11.4 Å². The Bertz CT molecular complexity index is 960. The van der Waals surface area contributed by atoms with Gasteiger partial charge in [-0.2, -0.15) is 0 Å². The predicted octanol–water partition coefficient (Wildman–Crippen LogP) is 4.63. The number of anilines is 4. The van der Waals surface area contributed by atoms with Gasteiger partial charge in [0.15, 0.2) is 0 Å². The summed E-state index contributed by atoms with van der Waals surface area (Å²) < 4.78 is 13.0. The first-order valence-corrected chi connectivity index (χ1v) is 7.80. The SMILES string of the molecule is Cc1ccc(Nc2ncnc(Nc3ccc(F)cc3)c2[N+](=O)[O-])cc1C. The number of nitrogens with one attached hydrogen (secondary N) is 2. The molecule has 0 fully saturated rings. The number of aromatic nitrogens is 2. The first-order valence-electron chi connectivity index (χ1n) is 7.80. The van der Waals surface area contributed by atoms with Crippen LogP contribution in [0.3, 0.4) is 0 Å². The van der Waals surface area contributed by atoms with Gasteiger partial charge < -0.3 is 10.6 Å². The molecule has 3 rings (SSSR count). The average Bonchev–Trinajstić information content (AvgIpc) is 2.60. The number of rotatable bonds is 5. The third-order valence-electron chi connectivity index (χ3n) is 3.88.